The second-order valence-electron chi connectivity index (χ2n) is 7.62. The van der Waals surface area contributed by atoms with Crippen LogP contribution in [0.2, 0.25) is 0 Å². The second-order valence-corrected chi connectivity index (χ2v) is 10.6. The number of likely N-dealkylation sites (tertiary alicyclic amines) is 2. The Morgan fingerprint density at radius 1 is 0.788 bits per heavy atom. The van der Waals surface area contributed by atoms with Gasteiger partial charge in [-0.1, -0.05) is 13.8 Å². The van der Waals surface area contributed by atoms with Crippen molar-refractivity contribution in [1.29, 1.82) is 0 Å². The number of nitrogens with one attached hydrogen (secondary N) is 2. The largest absolute Gasteiger partial charge is 0.356 e. The smallest absolute Gasteiger partial charge is 0.242 e. The molecule has 2 unspecified atom stereocenters. The summed E-state index contributed by atoms with van der Waals surface area (Å²) in [5.41, 5.74) is 0. The molecule has 2 N–H and O–H groups in total. The van der Waals surface area contributed by atoms with Gasteiger partial charge < -0.3 is 10.6 Å². The highest BCUT2D eigenvalue weighted by Crippen LogP contribution is 2.25. The molecule has 0 aromatic heterocycles. The fourth-order valence-electron chi connectivity index (χ4n) is 3.59. The van der Waals surface area contributed by atoms with E-state index in [1.807, 2.05) is 13.8 Å². The van der Waals surface area contributed by atoms with E-state index in [1.165, 1.54) is 23.5 Å². The van der Waals surface area contributed by atoms with Gasteiger partial charge in [-0.05, 0) is 17.9 Å². The van der Waals surface area contributed by atoms with Crippen molar-refractivity contribution in [2.24, 2.45) is 0 Å². The van der Waals surface area contributed by atoms with E-state index in [4.69, 9.17) is 0 Å². The Morgan fingerprint density at radius 3 is 1.55 bits per heavy atom. The van der Waals surface area contributed by atoms with Gasteiger partial charge in [0.1, 0.15) is 0 Å². The molecule has 184 valence electrons. The molecule has 33 heavy (non-hydrogen) atoms. The fourth-order valence-corrected chi connectivity index (χ4v) is 5.45. The molecule has 0 spiro atoms. The first kappa shape index (κ1) is 27.2. The summed E-state index contributed by atoms with van der Waals surface area (Å²) >= 11 is 2.88. The number of amides is 6. The summed E-state index contributed by atoms with van der Waals surface area (Å²) < 4.78 is 0. The lowest BCUT2D eigenvalue weighted by molar-refractivity contribution is -0.140. The summed E-state index contributed by atoms with van der Waals surface area (Å²) in [4.78, 5) is 74.5. The van der Waals surface area contributed by atoms with Crippen LogP contribution in [0.5, 0.6) is 0 Å². The zero-order valence-corrected chi connectivity index (χ0v) is 20.7. The summed E-state index contributed by atoms with van der Waals surface area (Å²) in [5.74, 6) is 0.0530. The van der Waals surface area contributed by atoms with Gasteiger partial charge in [-0.2, -0.15) is 0 Å². The van der Waals surface area contributed by atoms with E-state index in [9.17, 15) is 28.8 Å². The molecule has 2 aliphatic heterocycles. The molecular weight excluding hydrogens is 468 g/mol. The molecule has 2 fully saturated rings. The predicted octanol–water partition coefficient (Wildman–Crippen LogP) is 0.150. The number of nitrogens with zero attached hydrogens (tertiary/aromatic N) is 2. The highest BCUT2D eigenvalue weighted by Gasteiger charge is 2.39. The Bertz CT molecular complexity index is 716. The van der Waals surface area contributed by atoms with Gasteiger partial charge in [-0.25, -0.2) is 0 Å². The van der Waals surface area contributed by atoms with Crippen LogP contribution in [0.1, 0.15) is 46.0 Å². The van der Waals surface area contributed by atoms with Crippen LogP contribution in [-0.2, 0) is 28.8 Å². The molecule has 12 heteroatoms. The molecule has 0 saturated carbocycles. The van der Waals surface area contributed by atoms with Crippen molar-refractivity contribution < 1.29 is 28.8 Å². The summed E-state index contributed by atoms with van der Waals surface area (Å²) in [7, 11) is 0. The first-order valence-electron chi connectivity index (χ1n) is 11.2. The third-order valence-corrected chi connectivity index (χ3v) is 7.47. The van der Waals surface area contributed by atoms with Crippen molar-refractivity contribution in [2.75, 3.05) is 37.7 Å². The van der Waals surface area contributed by atoms with Gasteiger partial charge in [-0.15, -0.1) is 23.5 Å². The summed E-state index contributed by atoms with van der Waals surface area (Å²) in [5, 5.41) is 4.73. The number of hydrogen-bond donors (Lipinski definition) is 2. The molecule has 0 aromatic carbocycles. The quantitative estimate of drug-likeness (QED) is 0.254. The minimum Gasteiger partial charge on any atom is -0.356 e. The number of rotatable bonds is 14. The fraction of sp³-hybridized carbons (Fsp3) is 0.714. The van der Waals surface area contributed by atoms with Gasteiger partial charge in [0.2, 0.25) is 35.4 Å². The van der Waals surface area contributed by atoms with Gasteiger partial charge in [0.25, 0.3) is 0 Å². The lowest BCUT2D eigenvalue weighted by atomic mass is 10.3. The molecule has 0 radical (unpaired) electrons. The molecule has 2 saturated heterocycles. The number of carbonyl (C=O) groups is 6. The molecule has 2 heterocycles. The first-order chi connectivity index (χ1) is 15.8. The average molecular weight is 501 g/mol. The minimum absolute atomic E-state index is 0.0442. The normalized spacial score (nSPS) is 20.7. The predicted molar refractivity (Wildman–Crippen MR) is 126 cm³/mol. The molecule has 0 aliphatic carbocycles. The number of carbonyl (C=O) groups excluding carboxylic acids is 6. The van der Waals surface area contributed by atoms with Crippen LogP contribution in [-0.4, -0.2) is 93.4 Å². The van der Waals surface area contributed by atoms with Crippen LogP contribution in [0.25, 0.3) is 0 Å². The molecule has 2 aliphatic rings. The van der Waals surface area contributed by atoms with Crippen molar-refractivity contribution in [3.8, 4) is 0 Å². The molecule has 2 atom stereocenters. The Morgan fingerprint density at radius 2 is 1.18 bits per heavy atom. The topological polar surface area (TPSA) is 133 Å². The third kappa shape index (κ3) is 8.02. The first-order valence-corrected chi connectivity index (χ1v) is 13.3. The van der Waals surface area contributed by atoms with Crippen molar-refractivity contribution in [2.45, 2.75) is 56.5 Å². The van der Waals surface area contributed by atoms with Crippen LogP contribution in [0.4, 0.5) is 0 Å². The Kier molecular flexibility index (Phi) is 11.2. The lowest BCUT2D eigenvalue weighted by Gasteiger charge is -2.15. The summed E-state index contributed by atoms with van der Waals surface area (Å²) in [6.45, 7) is 4.69. The Hall–Kier alpha value is -2.08. The summed E-state index contributed by atoms with van der Waals surface area (Å²) in [6, 6.07) is 0. The second kappa shape index (κ2) is 13.6. The number of imide groups is 2. The van der Waals surface area contributed by atoms with Crippen LogP contribution < -0.4 is 10.6 Å². The lowest BCUT2D eigenvalue weighted by Crippen LogP contribution is -2.37. The zero-order valence-electron chi connectivity index (χ0n) is 19.1. The molecule has 2 rings (SSSR count). The SMILES string of the molecule is CCSC1CC(=O)N(CCC(=O)NCCCNC(=O)CCN2C(=O)CC(SCC)C2=O)C1=O. The highest BCUT2D eigenvalue weighted by atomic mass is 32.2. The molecular formula is C21H32N4O6S2. The molecule has 10 nitrogen and oxygen atoms in total. The minimum atomic E-state index is -0.340. The van der Waals surface area contributed by atoms with E-state index in [0.29, 0.717) is 19.5 Å². The van der Waals surface area contributed by atoms with E-state index in [2.05, 4.69) is 10.6 Å². The third-order valence-electron chi connectivity index (χ3n) is 5.26. The van der Waals surface area contributed by atoms with Crippen molar-refractivity contribution >= 4 is 59.0 Å². The maximum absolute atomic E-state index is 12.2. The van der Waals surface area contributed by atoms with Gasteiger partial charge >= 0.3 is 0 Å². The molecule has 0 bridgehead atoms. The Balaban J connectivity index is 1.55. The van der Waals surface area contributed by atoms with E-state index in [0.717, 1.165) is 21.3 Å². The van der Waals surface area contributed by atoms with E-state index >= 15 is 0 Å². The van der Waals surface area contributed by atoms with Crippen LogP contribution in [0.3, 0.4) is 0 Å². The molecule has 6 amide bonds. The monoisotopic (exact) mass is 500 g/mol. The van der Waals surface area contributed by atoms with Gasteiger partial charge in [0.15, 0.2) is 0 Å². The maximum atomic E-state index is 12.2. The summed E-state index contributed by atoms with van der Waals surface area (Å²) in [6.07, 6.45) is 0.976. The number of thioether (sulfide) groups is 2. The van der Waals surface area contributed by atoms with Gasteiger partial charge in [0, 0.05) is 51.9 Å². The Labute approximate surface area is 202 Å². The van der Waals surface area contributed by atoms with E-state index in [1.54, 1.807) is 0 Å². The molecule has 0 aromatic rings. The van der Waals surface area contributed by atoms with Gasteiger partial charge in [0.05, 0.1) is 10.5 Å². The standard InChI is InChI=1S/C21H32N4O6S2/c1-3-32-14-12-18(28)24(20(14)30)10-6-16(26)22-8-5-9-23-17(27)7-11-25-19(29)13-15(21(25)31)33-4-2/h14-15H,3-13H2,1-2H3,(H,22,26)(H,23,27). The van der Waals surface area contributed by atoms with Crippen LogP contribution in [0, 0.1) is 0 Å². The van der Waals surface area contributed by atoms with E-state index < -0.39 is 0 Å². The maximum Gasteiger partial charge on any atom is 0.242 e. The van der Waals surface area contributed by atoms with Crippen molar-refractivity contribution in [1.82, 2.24) is 20.4 Å². The van der Waals surface area contributed by atoms with Crippen molar-refractivity contribution in [3.63, 3.8) is 0 Å². The average Bonchev–Trinajstić information content (AvgIpc) is 3.19. The highest BCUT2D eigenvalue weighted by molar-refractivity contribution is 8.00. The van der Waals surface area contributed by atoms with E-state index in [-0.39, 0.29) is 84.7 Å². The van der Waals surface area contributed by atoms with Crippen LogP contribution in [0.15, 0.2) is 0 Å². The van der Waals surface area contributed by atoms with Crippen molar-refractivity contribution in [3.05, 3.63) is 0 Å². The van der Waals surface area contributed by atoms with Gasteiger partial charge in [-0.3, -0.25) is 38.6 Å². The number of hydrogen-bond acceptors (Lipinski definition) is 8. The van der Waals surface area contributed by atoms with Crippen LogP contribution >= 0.6 is 23.5 Å². The zero-order chi connectivity index (χ0) is 24.4.